The molecule has 0 amide bonds. The van der Waals surface area contributed by atoms with Crippen molar-refractivity contribution >= 4 is 88.1 Å². The molecule has 2 aliphatic rings. The first-order valence-corrected chi connectivity index (χ1v) is 19.5. The summed E-state index contributed by atoms with van der Waals surface area (Å²) in [6.07, 6.45) is 0. The van der Waals surface area contributed by atoms with Crippen molar-refractivity contribution in [3.8, 4) is 32.0 Å². The number of carboxylic acid groups (broad SMARTS) is 2. The van der Waals surface area contributed by atoms with Crippen LogP contribution in [-0.4, -0.2) is 36.2 Å². The van der Waals surface area contributed by atoms with Crippen LogP contribution in [-0.2, 0) is 11.1 Å². The third kappa shape index (κ3) is 4.25. The van der Waals surface area contributed by atoms with E-state index in [1.54, 1.807) is 28.7 Å². The molecule has 0 fully saturated rings. The number of rotatable bonds is 3. The third-order valence-corrected chi connectivity index (χ3v) is 14.4. The second-order valence-corrected chi connectivity index (χ2v) is 17.5. The van der Waals surface area contributed by atoms with Crippen LogP contribution in [0.25, 0.3) is 74.1 Å². The predicted molar refractivity (Wildman–Crippen MR) is 222 cm³/mol. The second kappa shape index (κ2) is 10.9. The monoisotopic (exact) mass is 747 g/mol. The van der Waals surface area contributed by atoms with Gasteiger partial charge in [-0.1, -0.05) is 42.5 Å². The lowest BCUT2D eigenvalue weighted by atomic mass is 9.82. The molecule has 7 nitrogen and oxygen atoms in total. The zero-order chi connectivity index (χ0) is 37.6. The van der Waals surface area contributed by atoms with Crippen LogP contribution in [0.5, 0.6) is 0 Å². The van der Waals surface area contributed by atoms with Gasteiger partial charge in [0.1, 0.15) is 0 Å². The van der Waals surface area contributed by atoms with Crippen LogP contribution in [0.1, 0.15) is 59.5 Å². The molecule has 0 saturated carbocycles. The van der Waals surface area contributed by atoms with Gasteiger partial charge in [0.15, 0.2) is 0 Å². The first-order valence-electron chi connectivity index (χ1n) is 17.8. The number of benzene rings is 5. The molecule has 0 saturated heterocycles. The van der Waals surface area contributed by atoms with Gasteiger partial charge in [-0.3, -0.25) is 0 Å². The average molecular weight is 748 g/mol. The van der Waals surface area contributed by atoms with E-state index >= 15 is 0 Å². The van der Waals surface area contributed by atoms with E-state index in [1.165, 1.54) is 53.2 Å². The number of aromatic carboxylic acids is 2. The largest absolute Gasteiger partial charge is 0.478 e. The minimum Gasteiger partial charge on any atom is -0.478 e. The number of hydrogen-bond donors (Lipinski definition) is 2. The highest BCUT2D eigenvalue weighted by atomic mass is 32.1. The van der Waals surface area contributed by atoms with Gasteiger partial charge >= 0.3 is 23.1 Å². The lowest BCUT2D eigenvalue weighted by Gasteiger charge is -2.43. The molecule has 5 heterocycles. The first kappa shape index (κ1) is 32.8. The molecule has 266 valence electrons. The van der Waals surface area contributed by atoms with Crippen LogP contribution in [0, 0.1) is 0 Å². The zero-order valence-corrected chi connectivity index (χ0v) is 32.1. The summed E-state index contributed by atoms with van der Waals surface area (Å²) < 4.78 is 9.35. The maximum Gasteiger partial charge on any atom is 0.363 e. The molecule has 0 aliphatic carbocycles. The van der Waals surface area contributed by atoms with E-state index in [4.69, 9.17) is 4.42 Å². The van der Waals surface area contributed by atoms with Crippen molar-refractivity contribution in [2.45, 2.75) is 38.8 Å². The fourth-order valence-corrected chi connectivity index (χ4v) is 11.6. The van der Waals surface area contributed by atoms with Gasteiger partial charge in [0.2, 0.25) is 0 Å². The van der Waals surface area contributed by atoms with Gasteiger partial charge in [0.25, 0.3) is 0 Å². The Labute approximate surface area is 318 Å². The maximum absolute atomic E-state index is 13.0. The molecule has 0 spiro atoms. The van der Waals surface area contributed by atoms with Gasteiger partial charge in [-0.15, -0.1) is 22.7 Å². The Balaban J connectivity index is 1.36. The summed E-state index contributed by atoms with van der Waals surface area (Å²) in [7, 11) is 4.23. The topological polar surface area (TPSA) is 92.4 Å². The molecular formula is C45H35N2O5S2+. The number of carbonyl (C=O) groups is 2. The second-order valence-electron chi connectivity index (χ2n) is 15.4. The Hall–Kier alpha value is -5.77. The minimum atomic E-state index is -1.20. The summed E-state index contributed by atoms with van der Waals surface area (Å²) in [5.74, 6) is -2.39. The molecule has 9 heteroatoms. The molecule has 2 aliphatic heterocycles. The fraction of sp³-hybridized carbons (Fsp3) is 0.178. The third-order valence-electron chi connectivity index (χ3n) is 12.0. The van der Waals surface area contributed by atoms with Crippen molar-refractivity contribution in [2.75, 3.05) is 23.9 Å². The zero-order valence-electron chi connectivity index (χ0n) is 30.5. The van der Waals surface area contributed by atoms with Crippen LogP contribution < -0.4 is 9.80 Å². The minimum absolute atomic E-state index is 0.0826. The Morgan fingerprint density at radius 1 is 0.593 bits per heavy atom. The molecule has 0 unspecified atom stereocenters. The summed E-state index contributed by atoms with van der Waals surface area (Å²) in [6.45, 7) is 8.99. The molecule has 0 bridgehead atoms. The molecule has 2 N–H and O–H groups in total. The van der Waals surface area contributed by atoms with Gasteiger partial charge < -0.3 is 20.0 Å². The number of nitrogens with zero attached hydrogens (tertiary/aromatic N) is 2. The highest BCUT2D eigenvalue weighted by Gasteiger charge is 2.42. The first-order chi connectivity index (χ1) is 25.8. The van der Waals surface area contributed by atoms with Gasteiger partial charge in [-0.05, 0) is 80.4 Å². The van der Waals surface area contributed by atoms with E-state index in [0.29, 0.717) is 22.3 Å². The summed E-state index contributed by atoms with van der Waals surface area (Å²) in [6, 6.07) is 29.9. The van der Waals surface area contributed by atoms with Crippen molar-refractivity contribution in [2.24, 2.45) is 0 Å². The van der Waals surface area contributed by atoms with Gasteiger partial charge in [0, 0.05) is 61.1 Å². The van der Waals surface area contributed by atoms with Crippen molar-refractivity contribution in [3.63, 3.8) is 0 Å². The number of fused-ring (bicyclic) bond motifs is 12. The summed E-state index contributed by atoms with van der Waals surface area (Å²) >= 11 is 3.53. The molecule has 8 aromatic rings. The van der Waals surface area contributed by atoms with E-state index in [9.17, 15) is 19.8 Å². The standard InChI is InChI=1S/C45H34N2O5S2/c1-44(2)38-24-11-7-9-13-35(24)53-40(38)27-18-29-33(20-31(27)46(44)5)52-34-21-32-28(41-39(45(3,4)47(32)6)25-12-8-10-14-36(25)54-41)19-30(34)37(29)23-16-15-22(42(48)49)17-26(23)43(50)51/h7-21H,1-6H3,(H-,48,49,50,51)/p+1. The highest BCUT2D eigenvalue weighted by molar-refractivity contribution is 7.23. The van der Waals surface area contributed by atoms with Gasteiger partial charge in [-0.2, -0.15) is 0 Å². The summed E-state index contributed by atoms with van der Waals surface area (Å²) in [4.78, 5) is 32.1. The van der Waals surface area contributed by atoms with Gasteiger partial charge in [-0.25, -0.2) is 14.0 Å². The van der Waals surface area contributed by atoms with Crippen molar-refractivity contribution in [3.05, 3.63) is 113 Å². The smallest absolute Gasteiger partial charge is 0.363 e. The van der Waals surface area contributed by atoms with Crippen LogP contribution in [0.3, 0.4) is 0 Å². The fourth-order valence-electron chi connectivity index (χ4n) is 8.87. The Bertz CT molecular complexity index is 2850. The lowest BCUT2D eigenvalue weighted by Crippen LogP contribution is -2.41. The molecular weight excluding hydrogens is 713 g/mol. The Morgan fingerprint density at radius 2 is 1.07 bits per heavy atom. The van der Waals surface area contributed by atoms with Crippen molar-refractivity contribution in [1.29, 1.82) is 0 Å². The van der Waals surface area contributed by atoms with Crippen LogP contribution in [0.4, 0.5) is 11.4 Å². The SMILES string of the molecule is CN1c2cc3[o+]c4cc5c(cc4c(-c4ccc(C(=O)O)cc4C(=O)O)c3cc2-c2sc3ccccc3c2C1(C)C)-c1sc2ccccc2c1C(C)(C)N5C. The molecule has 0 atom stereocenters. The summed E-state index contributed by atoms with van der Waals surface area (Å²) in [5.41, 5.74) is 8.17. The van der Waals surface area contributed by atoms with E-state index in [1.807, 2.05) is 0 Å². The summed E-state index contributed by atoms with van der Waals surface area (Å²) in [5, 5.41) is 24.5. The molecule has 5 aromatic carbocycles. The average Bonchev–Trinajstić information content (AvgIpc) is 3.75. The van der Waals surface area contributed by atoms with Crippen molar-refractivity contribution < 1.29 is 24.2 Å². The van der Waals surface area contributed by atoms with E-state index in [-0.39, 0.29) is 22.2 Å². The van der Waals surface area contributed by atoms with Crippen LogP contribution >= 0.6 is 22.7 Å². The number of hydrogen-bond acceptors (Lipinski definition) is 6. The van der Waals surface area contributed by atoms with Gasteiger partial charge in [0.05, 0.1) is 56.5 Å². The Kier molecular flexibility index (Phi) is 6.63. The number of carboxylic acids is 2. The molecule has 10 rings (SSSR count). The van der Waals surface area contributed by atoms with Crippen molar-refractivity contribution in [1.82, 2.24) is 0 Å². The van der Waals surface area contributed by atoms with E-state index in [2.05, 4.69) is 124 Å². The van der Waals surface area contributed by atoms with E-state index < -0.39 is 11.9 Å². The molecule has 54 heavy (non-hydrogen) atoms. The quantitative estimate of drug-likeness (QED) is 0.137. The maximum atomic E-state index is 13.0. The highest BCUT2D eigenvalue weighted by Crippen LogP contribution is 2.57. The lowest BCUT2D eigenvalue weighted by molar-refractivity contribution is 0.0696. The number of thiophene rings is 2. The molecule has 0 radical (unpaired) electrons. The predicted octanol–water partition coefficient (Wildman–Crippen LogP) is 12.1. The number of anilines is 2. The van der Waals surface area contributed by atoms with Crippen LogP contribution in [0.2, 0.25) is 0 Å². The van der Waals surface area contributed by atoms with Crippen LogP contribution in [0.15, 0.2) is 95.4 Å². The Morgan fingerprint density at radius 3 is 1.54 bits per heavy atom. The molecule has 3 aromatic heterocycles. The van der Waals surface area contributed by atoms with E-state index in [0.717, 1.165) is 33.3 Å². The normalized spacial score (nSPS) is 15.4.